The smallest absolute Gasteiger partial charge is 0.253 e. The predicted molar refractivity (Wildman–Crippen MR) is 106 cm³/mol. The van der Waals surface area contributed by atoms with Crippen LogP contribution in [0.3, 0.4) is 0 Å². The minimum Gasteiger partial charge on any atom is -0.488 e. The van der Waals surface area contributed by atoms with E-state index < -0.39 is 15.8 Å². The SMILES string of the molecule is O=C(C1=Cc2ccccc2OC1)N1CCCN(S(=O)(=O)c2ccc(F)cc2)CC1. The van der Waals surface area contributed by atoms with Crippen LogP contribution in [0.15, 0.2) is 59.0 Å². The first-order valence-electron chi connectivity index (χ1n) is 9.42. The molecule has 2 aliphatic heterocycles. The Balaban J connectivity index is 1.47. The van der Waals surface area contributed by atoms with E-state index in [1.807, 2.05) is 30.3 Å². The topological polar surface area (TPSA) is 66.9 Å². The number of carbonyl (C=O) groups is 1. The number of amides is 1. The zero-order chi connectivity index (χ0) is 20.4. The Morgan fingerprint density at radius 3 is 2.52 bits per heavy atom. The van der Waals surface area contributed by atoms with Crippen LogP contribution in [0.5, 0.6) is 5.75 Å². The van der Waals surface area contributed by atoms with Gasteiger partial charge in [-0.05, 0) is 42.8 Å². The highest BCUT2D eigenvalue weighted by Gasteiger charge is 2.29. The molecule has 2 heterocycles. The number of hydrogen-bond donors (Lipinski definition) is 0. The van der Waals surface area contributed by atoms with Gasteiger partial charge in [-0.2, -0.15) is 4.31 Å². The second-order valence-electron chi connectivity index (χ2n) is 7.00. The fourth-order valence-electron chi connectivity index (χ4n) is 3.54. The van der Waals surface area contributed by atoms with Crippen LogP contribution in [-0.2, 0) is 14.8 Å². The van der Waals surface area contributed by atoms with Gasteiger partial charge in [-0.3, -0.25) is 4.79 Å². The summed E-state index contributed by atoms with van der Waals surface area (Å²) in [6.07, 6.45) is 2.36. The second-order valence-corrected chi connectivity index (χ2v) is 8.94. The molecule has 0 saturated carbocycles. The quantitative estimate of drug-likeness (QED) is 0.771. The van der Waals surface area contributed by atoms with Crippen LogP contribution in [-0.4, -0.2) is 56.3 Å². The van der Waals surface area contributed by atoms with Crippen molar-refractivity contribution >= 4 is 22.0 Å². The fraction of sp³-hybridized carbons (Fsp3) is 0.286. The van der Waals surface area contributed by atoms with E-state index in [0.29, 0.717) is 25.1 Å². The van der Waals surface area contributed by atoms with Crippen LogP contribution < -0.4 is 4.74 Å². The molecule has 0 aliphatic carbocycles. The molecule has 0 spiro atoms. The van der Waals surface area contributed by atoms with E-state index in [1.165, 1.54) is 16.4 Å². The minimum absolute atomic E-state index is 0.0543. The molecule has 0 unspecified atom stereocenters. The van der Waals surface area contributed by atoms with E-state index in [1.54, 1.807) is 4.90 Å². The molecule has 152 valence electrons. The van der Waals surface area contributed by atoms with Crippen molar-refractivity contribution in [3.05, 3.63) is 65.5 Å². The van der Waals surface area contributed by atoms with Crippen molar-refractivity contribution in [1.82, 2.24) is 9.21 Å². The average Bonchev–Trinajstić information content (AvgIpc) is 3.00. The minimum atomic E-state index is -3.73. The lowest BCUT2D eigenvalue weighted by atomic mass is 10.1. The van der Waals surface area contributed by atoms with Crippen molar-refractivity contribution in [2.75, 3.05) is 32.8 Å². The average molecular weight is 416 g/mol. The maximum atomic E-state index is 13.1. The molecule has 1 amide bonds. The highest BCUT2D eigenvalue weighted by Crippen LogP contribution is 2.27. The molecule has 4 rings (SSSR count). The van der Waals surface area contributed by atoms with E-state index in [4.69, 9.17) is 4.74 Å². The van der Waals surface area contributed by atoms with Crippen LogP contribution in [0, 0.1) is 5.82 Å². The van der Waals surface area contributed by atoms with Gasteiger partial charge in [0.15, 0.2) is 0 Å². The number of carbonyl (C=O) groups excluding carboxylic acids is 1. The van der Waals surface area contributed by atoms with Crippen molar-refractivity contribution in [2.24, 2.45) is 0 Å². The number of benzene rings is 2. The number of ether oxygens (including phenoxy) is 1. The molecule has 0 atom stereocenters. The molecule has 2 aromatic rings. The molecule has 1 saturated heterocycles. The zero-order valence-electron chi connectivity index (χ0n) is 15.8. The Hall–Kier alpha value is -2.71. The summed E-state index contributed by atoms with van der Waals surface area (Å²) in [5.41, 5.74) is 1.41. The van der Waals surface area contributed by atoms with Gasteiger partial charge in [0.2, 0.25) is 10.0 Å². The van der Waals surface area contributed by atoms with Crippen molar-refractivity contribution in [1.29, 1.82) is 0 Å². The highest BCUT2D eigenvalue weighted by molar-refractivity contribution is 7.89. The van der Waals surface area contributed by atoms with Gasteiger partial charge in [0.05, 0.1) is 10.5 Å². The van der Waals surface area contributed by atoms with Crippen LogP contribution in [0.4, 0.5) is 4.39 Å². The molecule has 2 aromatic carbocycles. The van der Waals surface area contributed by atoms with Gasteiger partial charge >= 0.3 is 0 Å². The van der Waals surface area contributed by atoms with Gasteiger partial charge < -0.3 is 9.64 Å². The van der Waals surface area contributed by atoms with Gasteiger partial charge in [-0.1, -0.05) is 18.2 Å². The van der Waals surface area contributed by atoms with Gasteiger partial charge in [0.25, 0.3) is 5.91 Å². The summed E-state index contributed by atoms with van der Waals surface area (Å²) in [6, 6.07) is 12.3. The molecule has 0 bridgehead atoms. The summed E-state index contributed by atoms with van der Waals surface area (Å²) in [4.78, 5) is 14.7. The molecule has 8 heteroatoms. The standard InChI is InChI=1S/C21H21FN2O4S/c22-18-6-8-19(9-7-18)29(26,27)24-11-3-10-23(12-13-24)21(25)17-14-16-4-1-2-5-20(16)28-15-17/h1-2,4-9,14H,3,10-13,15H2. The zero-order valence-corrected chi connectivity index (χ0v) is 16.6. The summed E-state index contributed by atoms with van der Waals surface area (Å²) >= 11 is 0. The molecular weight excluding hydrogens is 395 g/mol. The summed E-state index contributed by atoms with van der Waals surface area (Å²) in [6.45, 7) is 1.45. The number of nitrogens with zero attached hydrogens (tertiary/aromatic N) is 2. The summed E-state index contributed by atoms with van der Waals surface area (Å²) in [5, 5.41) is 0. The van der Waals surface area contributed by atoms with Crippen molar-refractivity contribution < 1.29 is 22.3 Å². The lowest BCUT2D eigenvalue weighted by Gasteiger charge is -2.25. The Labute approximate surface area is 169 Å². The maximum Gasteiger partial charge on any atom is 0.253 e. The number of rotatable bonds is 3. The third kappa shape index (κ3) is 4.04. The van der Waals surface area contributed by atoms with Crippen molar-refractivity contribution in [3.8, 4) is 5.75 Å². The fourth-order valence-corrected chi connectivity index (χ4v) is 5.01. The number of fused-ring (bicyclic) bond motifs is 1. The van der Waals surface area contributed by atoms with Crippen LogP contribution in [0.25, 0.3) is 6.08 Å². The Morgan fingerprint density at radius 2 is 1.72 bits per heavy atom. The largest absolute Gasteiger partial charge is 0.488 e. The van der Waals surface area contributed by atoms with E-state index >= 15 is 0 Å². The Kier molecular flexibility index (Phi) is 5.38. The lowest BCUT2D eigenvalue weighted by molar-refractivity contribution is -0.127. The molecule has 2 aliphatic rings. The molecule has 0 radical (unpaired) electrons. The third-order valence-corrected chi connectivity index (χ3v) is 7.01. The molecule has 1 fully saturated rings. The van der Waals surface area contributed by atoms with E-state index in [2.05, 4.69) is 0 Å². The summed E-state index contributed by atoms with van der Waals surface area (Å²) in [7, 11) is -3.73. The Morgan fingerprint density at radius 1 is 0.966 bits per heavy atom. The highest BCUT2D eigenvalue weighted by atomic mass is 32.2. The first kappa shape index (κ1) is 19.6. The van der Waals surface area contributed by atoms with E-state index in [-0.39, 0.29) is 30.5 Å². The maximum absolute atomic E-state index is 13.1. The lowest BCUT2D eigenvalue weighted by Crippen LogP contribution is -2.38. The number of sulfonamides is 1. The molecule has 6 nitrogen and oxygen atoms in total. The number of halogens is 1. The van der Waals surface area contributed by atoms with Crippen LogP contribution in [0.1, 0.15) is 12.0 Å². The Bertz CT molecular complexity index is 1050. The first-order valence-corrected chi connectivity index (χ1v) is 10.9. The van der Waals surface area contributed by atoms with Gasteiger partial charge in [0.1, 0.15) is 18.2 Å². The third-order valence-electron chi connectivity index (χ3n) is 5.10. The normalized spacial score (nSPS) is 17.7. The van der Waals surface area contributed by atoms with Gasteiger partial charge in [-0.15, -0.1) is 0 Å². The molecule has 0 N–H and O–H groups in total. The summed E-state index contributed by atoms with van der Waals surface area (Å²) < 4.78 is 45.8. The second kappa shape index (κ2) is 7.96. The predicted octanol–water partition coefficient (Wildman–Crippen LogP) is 2.52. The monoisotopic (exact) mass is 416 g/mol. The van der Waals surface area contributed by atoms with Gasteiger partial charge in [0, 0.05) is 31.7 Å². The summed E-state index contributed by atoms with van der Waals surface area (Å²) in [5.74, 6) is 0.123. The van der Waals surface area contributed by atoms with Crippen molar-refractivity contribution in [2.45, 2.75) is 11.3 Å². The number of hydrogen-bond acceptors (Lipinski definition) is 4. The van der Waals surface area contributed by atoms with Gasteiger partial charge in [-0.25, -0.2) is 12.8 Å². The number of para-hydroxylation sites is 1. The van der Waals surface area contributed by atoms with Crippen molar-refractivity contribution in [3.63, 3.8) is 0 Å². The van der Waals surface area contributed by atoms with E-state index in [9.17, 15) is 17.6 Å². The molecule has 29 heavy (non-hydrogen) atoms. The molecular formula is C21H21FN2O4S. The van der Waals surface area contributed by atoms with Crippen LogP contribution >= 0.6 is 0 Å². The van der Waals surface area contributed by atoms with Crippen LogP contribution in [0.2, 0.25) is 0 Å². The first-order chi connectivity index (χ1) is 13.9. The van der Waals surface area contributed by atoms with E-state index in [0.717, 1.165) is 23.4 Å². The molecule has 0 aromatic heterocycles.